The van der Waals surface area contributed by atoms with Crippen LogP contribution in [0.5, 0.6) is 0 Å². The van der Waals surface area contributed by atoms with E-state index < -0.39 is 11.6 Å². The molecule has 0 saturated carbocycles. The van der Waals surface area contributed by atoms with Crippen LogP contribution in [-0.4, -0.2) is 47.9 Å². The van der Waals surface area contributed by atoms with Gasteiger partial charge in [-0.2, -0.15) is 0 Å². The normalized spacial score (nSPS) is 16.8. The molecule has 0 unspecified atom stereocenters. The molecule has 1 rings (SSSR count). The maximum atomic E-state index is 11.6. The molecule has 0 aromatic heterocycles. The molecule has 1 aliphatic heterocycles. The molecule has 0 aliphatic carbocycles. The third-order valence-electron chi connectivity index (χ3n) is 2.69. The van der Waals surface area contributed by atoms with Gasteiger partial charge in [-0.05, 0) is 20.3 Å². The Bertz CT molecular complexity index is 338. The number of piperazine rings is 1. The molecular weight excluding hydrogens is 224 g/mol. The molecule has 1 heterocycles. The van der Waals surface area contributed by atoms with Crippen molar-refractivity contribution in [1.82, 2.24) is 10.2 Å². The Morgan fingerprint density at radius 3 is 2.71 bits per heavy atom. The number of nitrogens with one attached hydrogen (secondary N) is 1. The fourth-order valence-corrected chi connectivity index (χ4v) is 1.32. The van der Waals surface area contributed by atoms with Gasteiger partial charge in [0.25, 0.3) is 0 Å². The Morgan fingerprint density at radius 1 is 1.47 bits per heavy atom. The Kier molecular flexibility index (Phi) is 4.09. The van der Waals surface area contributed by atoms with Gasteiger partial charge in [-0.3, -0.25) is 14.4 Å². The molecule has 1 fully saturated rings. The van der Waals surface area contributed by atoms with E-state index in [4.69, 9.17) is 4.74 Å². The van der Waals surface area contributed by atoms with Crippen LogP contribution in [0.1, 0.15) is 27.2 Å². The van der Waals surface area contributed by atoms with Gasteiger partial charge in [-0.15, -0.1) is 0 Å². The van der Waals surface area contributed by atoms with E-state index in [-0.39, 0.29) is 31.4 Å². The summed E-state index contributed by atoms with van der Waals surface area (Å²) in [6, 6.07) is 0. The molecule has 0 radical (unpaired) electrons. The van der Waals surface area contributed by atoms with E-state index in [0.29, 0.717) is 6.42 Å². The van der Waals surface area contributed by atoms with Crippen LogP contribution in [0.2, 0.25) is 0 Å². The monoisotopic (exact) mass is 242 g/mol. The van der Waals surface area contributed by atoms with Crippen molar-refractivity contribution in [3.8, 4) is 0 Å². The van der Waals surface area contributed by atoms with Gasteiger partial charge in [-0.25, -0.2) is 0 Å². The second kappa shape index (κ2) is 5.16. The van der Waals surface area contributed by atoms with Crippen LogP contribution in [-0.2, 0) is 19.1 Å². The number of esters is 1. The smallest absolute Gasteiger partial charge is 0.326 e. The Hall–Kier alpha value is -1.59. The van der Waals surface area contributed by atoms with Crippen LogP contribution in [0, 0.1) is 0 Å². The number of rotatable bonds is 4. The number of ether oxygens (including phenoxy) is 1. The first-order valence-corrected chi connectivity index (χ1v) is 5.60. The van der Waals surface area contributed by atoms with Crippen molar-refractivity contribution in [1.29, 1.82) is 0 Å². The summed E-state index contributed by atoms with van der Waals surface area (Å²) in [6.45, 7) is 5.21. The van der Waals surface area contributed by atoms with Gasteiger partial charge in [-0.1, -0.05) is 6.92 Å². The van der Waals surface area contributed by atoms with Crippen molar-refractivity contribution in [2.45, 2.75) is 32.8 Å². The first-order valence-electron chi connectivity index (χ1n) is 5.60. The minimum Gasteiger partial charge on any atom is -0.458 e. The van der Waals surface area contributed by atoms with Crippen molar-refractivity contribution in [3.05, 3.63) is 0 Å². The molecule has 2 amide bonds. The average molecular weight is 242 g/mol. The Balaban J connectivity index is 2.50. The number of carbonyl (C=O) groups excluding carboxylic acids is 3. The lowest BCUT2D eigenvalue weighted by molar-refractivity contribution is -0.161. The predicted molar refractivity (Wildman–Crippen MR) is 60.1 cm³/mol. The first-order chi connectivity index (χ1) is 7.84. The molecule has 0 aromatic carbocycles. The molecule has 0 spiro atoms. The minimum absolute atomic E-state index is 0.0523. The fraction of sp³-hybridized carbons (Fsp3) is 0.727. The third kappa shape index (κ3) is 4.05. The Labute approximate surface area is 100 Å². The summed E-state index contributed by atoms with van der Waals surface area (Å²) in [5, 5.41) is 2.41. The minimum atomic E-state index is -0.543. The molecular formula is C11H18N2O4. The first kappa shape index (κ1) is 13.5. The highest BCUT2D eigenvalue weighted by molar-refractivity contribution is 5.94. The molecule has 1 N–H and O–H groups in total. The molecule has 6 nitrogen and oxygen atoms in total. The summed E-state index contributed by atoms with van der Waals surface area (Å²) in [5.41, 5.74) is -0.543. The van der Waals surface area contributed by atoms with Gasteiger partial charge in [0.15, 0.2) is 0 Å². The van der Waals surface area contributed by atoms with Crippen molar-refractivity contribution >= 4 is 17.8 Å². The van der Waals surface area contributed by atoms with Crippen molar-refractivity contribution in [2.24, 2.45) is 0 Å². The average Bonchev–Trinajstić information content (AvgIpc) is 2.23. The number of amides is 2. The Morgan fingerprint density at radius 2 is 2.12 bits per heavy atom. The van der Waals surface area contributed by atoms with Gasteiger partial charge in [0.2, 0.25) is 11.8 Å². The lowest BCUT2D eigenvalue weighted by atomic mass is 10.1. The molecule has 0 atom stereocenters. The number of hydrogen-bond donors (Lipinski definition) is 1. The van der Waals surface area contributed by atoms with Crippen LogP contribution in [0.25, 0.3) is 0 Å². The van der Waals surface area contributed by atoms with E-state index >= 15 is 0 Å². The van der Waals surface area contributed by atoms with Gasteiger partial charge >= 0.3 is 5.97 Å². The lowest BCUT2D eigenvalue weighted by Crippen LogP contribution is -2.53. The van der Waals surface area contributed by atoms with Gasteiger partial charge in [0, 0.05) is 0 Å². The van der Waals surface area contributed by atoms with Crippen molar-refractivity contribution in [3.63, 3.8) is 0 Å². The van der Waals surface area contributed by atoms with Crippen LogP contribution >= 0.6 is 0 Å². The molecule has 96 valence electrons. The summed E-state index contributed by atoms with van der Waals surface area (Å²) < 4.78 is 5.21. The van der Waals surface area contributed by atoms with Crippen LogP contribution in [0.4, 0.5) is 0 Å². The largest absolute Gasteiger partial charge is 0.458 e. The van der Waals surface area contributed by atoms with E-state index in [9.17, 15) is 14.4 Å². The van der Waals surface area contributed by atoms with Gasteiger partial charge in [0.05, 0.1) is 6.54 Å². The highest BCUT2D eigenvalue weighted by Gasteiger charge is 2.27. The summed E-state index contributed by atoms with van der Waals surface area (Å²) in [7, 11) is 0. The summed E-state index contributed by atoms with van der Waals surface area (Å²) in [4.78, 5) is 35.3. The third-order valence-corrected chi connectivity index (χ3v) is 2.69. The number of carbonyl (C=O) groups is 3. The van der Waals surface area contributed by atoms with Crippen molar-refractivity contribution < 1.29 is 19.1 Å². The SMILES string of the molecule is CCC(C)(C)OC(=O)CN1CC(=O)NCC1=O. The highest BCUT2D eigenvalue weighted by atomic mass is 16.6. The van der Waals surface area contributed by atoms with E-state index in [2.05, 4.69) is 5.32 Å². The number of hydrogen-bond acceptors (Lipinski definition) is 4. The fourth-order valence-electron chi connectivity index (χ4n) is 1.32. The topological polar surface area (TPSA) is 75.7 Å². The lowest BCUT2D eigenvalue weighted by Gasteiger charge is -2.28. The zero-order valence-electron chi connectivity index (χ0n) is 10.4. The molecule has 1 aliphatic rings. The maximum Gasteiger partial charge on any atom is 0.326 e. The second-order valence-electron chi connectivity index (χ2n) is 4.61. The molecule has 6 heteroatoms. The van der Waals surface area contributed by atoms with Crippen LogP contribution in [0.15, 0.2) is 0 Å². The van der Waals surface area contributed by atoms with E-state index in [1.807, 2.05) is 6.92 Å². The van der Waals surface area contributed by atoms with E-state index in [0.717, 1.165) is 0 Å². The quantitative estimate of drug-likeness (QED) is 0.685. The molecule has 17 heavy (non-hydrogen) atoms. The van der Waals surface area contributed by atoms with Gasteiger partial charge in [0.1, 0.15) is 18.7 Å². The van der Waals surface area contributed by atoms with Crippen molar-refractivity contribution in [2.75, 3.05) is 19.6 Å². The van der Waals surface area contributed by atoms with Crippen LogP contribution < -0.4 is 5.32 Å². The molecule has 1 saturated heterocycles. The standard InChI is InChI=1S/C11H18N2O4/c1-4-11(2,3)17-10(16)7-13-6-8(14)12-5-9(13)15/h4-7H2,1-3H3,(H,12,14). The molecule has 0 bridgehead atoms. The summed E-state index contributed by atoms with van der Waals surface area (Å²) >= 11 is 0. The highest BCUT2D eigenvalue weighted by Crippen LogP contribution is 2.14. The molecule has 0 aromatic rings. The van der Waals surface area contributed by atoms with E-state index in [1.54, 1.807) is 13.8 Å². The zero-order valence-corrected chi connectivity index (χ0v) is 10.4. The number of nitrogens with zero attached hydrogens (tertiary/aromatic N) is 1. The van der Waals surface area contributed by atoms with Crippen LogP contribution in [0.3, 0.4) is 0 Å². The summed E-state index contributed by atoms with van der Waals surface area (Å²) in [6.07, 6.45) is 0.688. The second-order valence-corrected chi connectivity index (χ2v) is 4.61. The van der Waals surface area contributed by atoms with Gasteiger partial charge < -0.3 is 15.0 Å². The summed E-state index contributed by atoms with van der Waals surface area (Å²) in [5.74, 6) is -1.01. The maximum absolute atomic E-state index is 11.6. The zero-order chi connectivity index (χ0) is 13.1. The van der Waals surface area contributed by atoms with E-state index in [1.165, 1.54) is 4.90 Å². The predicted octanol–water partition coefficient (Wildman–Crippen LogP) is -0.323.